The van der Waals surface area contributed by atoms with Crippen LogP contribution < -0.4 is 10.1 Å². The molecule has 2 aromatic rings. The molecule has 0 radical (unpaired) electrons. The molecule has 25 heavy (non-hydrogen) atoms. The van der Waals surface area contributed by atoms with Crippen molar-refractivity contribution in [3.05, 3.63) is 59.2 Å². The predicted octanol–water partition coefficient (Wildman–Crippen LogP) is 3.47. The van der Waals surface area contributed by atoms with Gasteiger partial charge in [0.05, 0.1) is 12.7 Å². The smallest absolute Gasteiger partial charge is 0.339 e. The van der Waals surface area contributed by atoms with Gasteiger partial charge < -0.3 is 14.8 Å². The number of ether oxygens (including phenoxy) is 2. The molecule has 0 saturated carbocycles. The number of para-hydroxylation sites is 1. The molecule has 0 aliphatic rings. The quantitative estimate of drug-likeness (QED) is 0.840. The molecule has 1 N–H and O–H groups in total. The summed E-state index contributed by atoms with van der Waals surface area (Å²) in [6.07, 6.45) is -1.25. The first-order chi connectivity index (χ1) is 11.8. The fourth-order valence-electron chi connectivity index (χ4n) is 2.07. The fourth-order valence-corrected chi connectivity index (χ4v) is 2.07. The number of rotatable bonds is 5. The van der Waals surface area contributed by atoms with Crippen molar-refractivity contribution in [2.24, 2.45) is 0 Å². The van der Waals surface area contributed by atoms with Gasteiger partial charge in [-0.05, 0) is 43.7 Å². The molecule has 0 aliphatic carbocycles. The maximum absolute atomic E-state index is 13.5. The second-order valence-electron chi connectivity index (χ2n) is 5.32. The molecule has 0 saturated heterocycles. The first kappa shape index (κ1) is 18.4. The number of aryl methyl sites for hydroxylation is 1. The van der Waals surface area contributed by atoms with E-state index in [4.69, 9.17) is 9.47 Å². The van der Waals surface area contributed by atoms with Crippen LogP contribution in [0.25, 0.3) is 0 Å². The van der Waals surface area contributed by atoms with E-state index in [1.165, 1.54) is 32.2 Å². The van der Waals surface area contributed by atoms with Gasteiger partial charge in [-0.25, -0.2) is 13.6 Å². The summed E-state index contributed by atoms with van der Waals surface area (Å²) in [5.74, 6) is -2.95. The van der Waals surface area contributed by atoms with Gasteiger partial charge in [-0.15, -0.1) is 0 Å². The van der Waals surface area contributed by atoms with Crippen molar-refractivity contribution in [2.45, 2.75) is 20.0 Å². The van der Waals surface area contributed by atoms with E-state index in [-0.39, 0.29) is 5.56 Å². The monoisotopic (exact) mass is 349 g/mol. The number of esters is 1. The molecular formula is C18H17F2NO4. The molecule has 2 aromatic carbocycles. The van der Waals surface area contributed by atoms with E-state index >= 15 is 0 Å². The molecular weight excluding hydrogens is 332 g/mol. The Morgan fingerprint density at radius 1 is 1.12 bits per heavy atom. The van der Waals surface area contributed by atoms with E-state index in [2.05, 4.69) is 5.32 Å². The molecule has 7 heteroatoms. The Hall–Kier alpha value is -2.96. The van der Waals surface area contributed by atoms with Gasteiger partial charge >= 0.3 is 5.97 Å². The van der Waals surface area contributed by atoms with E-state index < -0.39 is 35.3 Å². The average molecular weight is 349 g/mol. The lowest BCUT2D eigenvalue weighted by molar-refractivity contribution is -0.123. The Morgan fingerprint density at radius 2 is 1.76 bits per heavy atom. The zero-order chi connectivity index (χ0) is 18.6. The highest BCUT2D eigenvalue weighted by Crippen LogP contribution is 2.21. The normalized spacial score (nSPS) is 11.6. The van der Waals surface area contributed by atoms with E-state index in [1.54, 1.807) is 6.07 Å². The van der Waals surface area contributed by atoms with E-state index in [0.717, 1.165) is 17.7 Å². The summed E-state index contributed by atoms with van der Waals surface area (Å²) < 4.78 is 37.3. The Bertz CT molecular complexity index is 787. The van der Waals surface area contributed by atoms with Crippen molar-refractivity contribution in [2.75, 3.05) is 12.4 Å². The topological polar surface area (TPSA) is 64.6 Å². The lowest BCUT2D eigenvalue weighted by Crippen LogP contribution is -2.30. The lowest BCUT2D eigenvalue weighted by atomic mass is 10.1. The first-order valence-electron chi connectivity index (χ1n) is 7.44. The van der Waals surface area contributed by atoms with Crippen LogP contribution in [0.1, 0.15) is 22.8 Å². The van der Waals surface area contributed by atoms with Crippen molar-refractivity contribution in [3.63, 3.8) is 0 Å². The van der Waals surface area contributed by atoms with Crippen LogP contribution in [-0.2, 0) is 9.53 Å². The Balaban J connectivity index is 2.07. The molecule has 0 aromatic heterocycles. The molecule has 0 aliphatic heterocycles. The summed E-state index contributed by atoms with van der Waals surface area (Å²) in [6.45, 7) is 3.12. The Kier molecular flexibility index (Phi) is 5.69. The van der Waals surface area contributed by atoms with Crippen molar-refractivity contribution in [1.29, 1.82) is 0 Å². The molecule has 5 nitrogen and oxygen atoms in total. The summed E-state index contributed by atoms with van der Waals surface area (Å²) >= 11 is 0. The average Bonchev–Trinajstić information content (AvgIpc) is 2.58. The number of benzene rings is 2. The van der Waals surface area contributed by atoms with Gasteiger partial charge in [-0.2, -0.15) is 0 Å². The Labute approximate surface area is 143 Å². The lowest BCUT2D eigenvalue weighted by Gasteiger charge is -2.15. The van der Waals surface area contributed by atoms with E-state index in [1.807, 2.05) is 6.92 Å². The molecule has 0 bridgehead atoms. The highest BCUT2D eigenvalue weighted by molar-refractivity contribution is 5.97. The summed E-state index contributed by atoms with van der Waals surface area (Å²) in [5, 5.41) is 2.08. The summed E-state index contributed by atoms with van der Waals surface area (Å²) in [7, 11) is 1.47. The maximum Gasteiger partial charge on any atom is 0.339 e. The van der Waals surface area contributed by atoms with Crippen LogP contribution >= 0.6 is 0 Å². The maximum atomic E-state index is 13.5. The van der Waals surface area contributed by atoms with Gasteiger partial charge in [0.25, 0.3) is 5.91 Å². The van der Waals surface area contributed by atoms with E-state index in [9.17, 15) is 18.4 Å². The van der Waals surface area contributed by atoms with Crippen LogP contribution in [0.4, 0.5) is 14.5 Å². The van der Waals surface area contributed by atoms with Gasteiger partial charge in [-0.1, -0.05) is 12.1 Å². The van der Waals surface area contributed by atoms with Crippen LogP contribution in [0.2, 0.25) is 0 Å². The zero-order valence-corrected chi connectivity index (χ0v) is 13.9. The van der Waals surface area contributed by atoms with Crippen molar-refractivity contribution in [3.8, 4) is 5.75 Å². The van der Waals surface area contributed by atoms with E-state index in [0.29, 0.717) is 5.75 Å². The third kappa shape index (κ3) is 4.32. The standard InChI is InChI=1S/C18H17F2NO4/c1-10-7-8-12(9-15(10)24-3)18(23)25-11(2)17(22)21-16-13(19)5-4-6-14(16)20/h4-9,11H,1-3H3,(H,21,22)/t11-/m0/s1. The predicted molar refractivity (Wildman–Crippen MR) is 87.6 cm³/mol. The van der Waals surface area contributed by atoms with Gasteiger partial charge in [0, 0.05) is 0 Å². The molecule has 1 amide bonds. The number of carbonyl (C=O) groups excluding carboxylic acids is 2. The third-order valence-electron chi connectivity index (χ3n) is 3.51. The van der Waals surface area contributed by atoms with Crippen LogP contribution in [0.5, 0.6) is 5.75 Å². The van der Waals surface area contributed by atoms with Gasteiger partial charge in [-0.3, -0.25) is 4.79 Å². The minimum Gasteiger partial charge on any atom is -0.496 e. The molecule has 0 fully saturated rings. The number of anilines is 1. The van der Waals surface area contributed by atoms with Crippen LogP contribution in [0, 0.1) is 18.6 Å². The highest BCUT2D eigenvalue weighted by atomic mass is 19.1. The van der Waals surface area contributed by atoms with Crippen molar-refractivity contribution >= 4 is 17.6 Å². The van der Waals surface area contributed by atoms with Crippen LogP contribution in [0.15, 0.2) is 36.4 Å². The number of methoxy groups -OCH3 is 1. The van der Waals surface area contributed by atoms with Crippen molar-refractivity contribution in [1.82, 2.24) is 0 Å². The summed E-state index contributed by atoms with van der Waals surface area (Å²) in [6, 6.07) is 7.88. The van der Waals surface area contributed by atoms with Crippen LogP contribution in [0.3, 0.4) is 0 Å². The minimum absolute atomic E-state index is 0.194. The molecule has 0 heterocycles. The molecule has 0 unspecified atom stereocenters. The van der Waals surface area contributed by atoms with Gasteiger partial charge in [0.2, 0.25) is 0 Å². The number of amides is 1. The zero-order valence-electron chi connectivity index (χ0n) is 13.9. The van der Waals surface area contributed by atoms with Crippen molar-refractivity contribution < 1.29 is 27.8 Å². The second kappa shape index (κ2) is 7.74. The number of carbonyl (C=O) groups is 2. The highest BCUT2D eigenvalue weighted by Gasteiger charge is 2.22. The largest absolute Gasteiger partial charge is 0.496 e. The minimum atomic E-state index is -1.25. The Morgan fingerprint density at radius 3 is 2.36 bits per heavy atom. The molecule has 0 spiro atoms. The fraction of sp³-hybridized carbons (Fsp3) is 0.222. The molecule has 132 valence electrons. The third-order valence-corrected chi connectivity index (χ3v) is 3.51. The number of nitrogens with one attached hydrogen (secondary N) is 1. The molecule has 2 rings (SSSR count). The van der Waals surface area contributed by atoms with Gasteiger partial charge in [0.1, 0.15) is 23.1 Å². The summed E-state index contributed by atoms with van der Waals surface area (Å²) in [5.41, 5.74) is 0.437. The number of hydrogen-bond donors (Lipinski definition) is 1. The first-order valence-corrected chi connectivity index (χ1v) is 7.44. The van der Waals surface area contributed by atoms with Crippen LogP contribution in [-0.4, -0.2) is 25.1 Å². The number of halogens is 2. The molecule has 1 atom stereocenters. The second-order valence-corrected chi connectivity index (χ2v) is 5.32. The van der Waals surface area contributed by atoms with Gasteiger partial charge in [0.15, 0.2) is 6.10 Å². The SMILES string of the molecule is COc1cc(C(=O)O[C@@H](C)C(=O)Nc2c(F)cccc2F)ccc1C. The summed E-state index contributed by atoms with van der Waals surface area (Å²) in [4.78, 5) is 24.1. The number of hydrogen-bond acceptors (Lipinski definition) is 4.